The Kier molecular flexibility index (Phi) is 9.88. The van der Waals surface area contributed by atoms with Crippen molar-refractivity contribution in [2.24, 2.45) is 13.0 Å². The van der Waals surface area contributed by atoms with Crippen LogP contribution in [0.5, 0.6) is 0 Å². The monoisotopic (exact) mass is 630 g/mol. The Hall–Kier alpha value is -3.45. The number of hydrogen-bond donors (Lipinski definition) is 2. The molecule has 12 nitrogen and oxygen atoms in total. The molecule has 0 spiro atoms. The summed E-state index contributed by atoms with van der Waals surface area (Å²) in [6, 6.07) is 2.43. The van der Waals surface area contributed by atoms with Crippen LogP contribution in [0.25, 0.3) is 11.0 Å². The van der Waals surface area contributed by atoms with Gasteiger partial charge in [0.25, 0.3) is 0 Å². The highest BCUT2D eigenvalue weighted by molar-refractivity contribution is 6.00. The fourth-order valence-corrected chi connectivity index (χ4v) is 6.74. The van der Waals surface area contributed by atoms with E-state index in [-0.39, 0.29) is 36.4 Å². The van der Waals surface area contributed by atoms with Gasteiger partial charge < -0.3 is 19.7 Å². The number of anilines is 1. The second-order valence-corrected chi connectivity index (χ2v) is 13.8. The van der Waals surface area contributed by atoms with Crippen molar-refractivity contribution in [3.05, 3.63) is 28.4 Å². The second kappa shape index (κ2) is 13.5. The van der Waals surface area contributed by atoms with Crippen molar-refractivity contribution >= 4 is 34.6 Å². The number of hydrogen-bond acceptors (Lipinski definition) is 8. The van der Waals surface area contributed by atoms with Crippen LogP contribution in [0.4, 0.5) is 14.9 Å². The molecule has 2 aliphatic heterocycles. The number of carbonyl (C=O) groups excluding carboxylic acids is 3. The van der Waals surface area contributed by atoms with Crippen molar-refractivity contribution in [3.8, 4) is 0 Å². The lowest BCUT2D eigenvalue weighted by molar-refractivity contribution is -0.135. The number of imidazole rings is 1. The van der Waals surface area contributed by atoms with Crippen LogP contribution in [-0.2, 0) is 26.1 Å². The third kappa shape index (κ3) is 7.69. The van der Waals surface area contributed by atoms with Gasteiger partial charge in [0, 0.05) is 46.2 Å². The maximum Gasteiger partial charge on any atom is 0.407 e. The Morgan fingerprint density at radius 1 is 1.07 bits per heavy atom. The fourth-order valence-electron chi connectivity index (χ4n) is 6.74. The molecule has 13 heteroatoms. The van der Waals surface area contributed by atoms with Gasteiger partial charge in [0.05, 0.1) is 30.0 Å². The lowest BCUT2D eigenvalue weighted by atomic mass is 9.87. The minimum absolute atomic E-state index is 0.130. The average molecular weight is 631 g/mol. The van der Waals surface area contributed by atoms with E-state index in [2.05, 4.69) is 15.5 Å². The molecular formula is C32H47FN6O6. The number of fused-ring (bicyclic) bond motifs is 1. The number of amides is 3. The minimum Gasteiger partial charge on any atom is -0.444 e. The number of alkyl carbamates (subject to hydrolysis) is 1. The van der Waals surface area contributed by atoms with Crippen LogP contribution < -0.4 is 21.2 Å². The van der Waals surface area contributed by atoms with Crippen LogP contribution in [0.2, 0.25) is 0 Å². The van der Waals surface area contributed by atoms with Crippen LogP contribution in [0.1, 0.15) is 72.3 Å². The summed E-state index contributed by atoms with van der Waals surface area (Å²) in [6.45, 7) is 11.9. The molecule has 2 atom stereocenters. The largest absolute Gasteiger partial charge is 0.444 e. The summed E-state index contributed by atoms with van der Waals surface area (Å²) in [5.74, 6) is -0.788. The molecule has 1 unspecified atom stereocenters. The normalized spacial score (nSPS) is 24.0. The first kappa shape index (κ1) is 32.9. The number of nitrogens with one attached hydrogen (secondary N) is 2. The molecule has 0 bridgehead atoms. The number of piperazine rings is 1. The van der Waals surface area contributed by atoms with Crippen LogP contribution in [0.3, 0.4) is 0 Å². The predicted octanol–water partition coefficient (Wildman–Crippen LogP) is 3.07. The summed E-state index contributed by atoms with van der Waals surface area (Å²) in [5, 5.41) is 5.11. The highest BCUT2D eigenvalue weighted by Gasteiger charge is 2.33. The Morgan fingerprint density at radius 3 is 2.40 bits per heavy atom. The number of piperidine rings is 1. The molecule has 1 aromatic heterocycles. The number of aryl methyl sites for hydroxylation is 1. The van der Waals surface area contributed by atoms with Crippen molar-refractivity contribution in [1.29, 1.82) is 0 Å². The number of halogens is 1. The first-order valence-corrected chi connectivity index (χ1v) is 16.1. The SMILES string of the molecule is C[C@H](COC1CCC(CN2CCN(c3ccc4c(c3F)n(C)c(=O)n4C3CCC(=O)NC3=O)CC2)CC1)NC(=O)OC(C)(C)C. The van der Waals surface area contributed by atoms with E-state index in [9.17, 15) is 19.2 Å². The van der Waals surface area contributed by atoms with Gasteiger partial charge >= 0.3 is 11.8 Å². The van der Waals surface area contributed by atoms with E-state index in [1.54, 1.807) is 12.1 Å². The molecule has 1 saturated carbocycles. The molecule has 0 radical (unpaired) electrons. The quantitative estimate of drug-likeness (QED) is 0.427. The third-order valence-corrected chi connectivity index (χ3v) is 9.05. The molecule has 2 N–H and O–H groups in total. The molecule has 3 fully saturated rings. The Morgan fingerprint density at radius 2 is 1.76 bits per heavy atom. The van der Waals surface area contributed by atoms with Crippen LogP contribution in [0.15, 0.2) is 16.9 Å². The van der Waals surface area contributed by atoms with E-state index in [0.29, 0.717) is 36.8 Å². The molecule has 5 rings (SSSR count). The Bertz CT molecular complexity index is 1470. The number of rotatable bonds is 8. The Labute approximate surface area is 263 Å². The number of carbonyl (C=O) groups is 3. The lowest BCUT2D eigenvalue weighted by Gasteiger charge is -2.39. The zero-order valence-corrected chi connectivity index (χ0v) is 27.1. The molecule has 2 saturated heterocycles. The van der Waals surface area contributed by atoms with Crippen molar-refractivity contribution in [3.63, 3.8) is 0 Å². The first-order valence-electron chi connectivity index (χ1n) is 16.1. The number of ether oxygens (including phenoxy) is 2. The zero-order valence-electron chi connectivity index (χ0n) is 27.1. The predicted molar refractivity (Wildman–Crippen MR) is 168 cm³/mol. The zero-order chi connectivity index (χ0) is 32.5. The van der Waals surface area contributed by atoms with Gasteiger partial charge in [-0.1, -0.05) is 0 Å². The van der Waals surface area contributed by atoms with Gasteiger partial charge in [-0.3, -0.25) is 28.9 Å². The van der Waals surface area contributed by atoms with Crippen molar-refractivity contribution in [1.82, 2.24) is 24.7 Å². The van der Waals surface area contributed by atoms with Crippen molar-refractivity contribution in [2.45, 2.75) is 90.0 Å². The average Bonchev–Trinajstić information content (AvgIpc) is 3.22. The number of aromatic nitrogens is 2. The maximum atomic E-state index is 16.0. The second-order valence-electron chi connectivity index (χ2n) is 13.8. The summed E-state index contributed by atoms with van der Waals surface area (Å²) in [5.41, 5.74) is -0.0437. The van der Waals surface area contributed by atoms with Crippen LogP contribution in [0, 0.1) is 11.7 Å². The van der Waals surface area contributed by atoms with Crippen LogP contribution >= 0.6 is 0 Å². The highest BCUT2D eigenvalue weighted by Crippen LogP contribution is 2.31. The number of nitrogens with zero attached hydrogens (tertiary/aromatic N) is 4. The van der Waals surface area contributed by atoms with E-state index in [0.717, 1.165) is 45.3 Å². The smallest absolute Gasteiger partial charge is 0.407 e. The molecule has 1 aliphatic carbocycles. The first-order chi connectivity index (χ1) is 21.3. The van der Waals surface area contributed by atoms with Gasteiger partial charge in [0.15, 0.2) is 5.82 Å². The van der Waals surface area contributed by atoms with E-state index in [1.807, 2.05) is 32.6 Å². The van der Waals surface area contributed by atoms with E-state index >= 15 is 4.39 Å². The van der Waals surface area contributed by atoms with Gasteiger partial charge in [-0.05, 0) is 77.8 Å². The summed E-state index contributed by atoms with van der Waals surface area (Å²) >= 11 is 0. The van der Waals surface area contributed by atoms with Gasteiger partial charge in [-0.15, -0.1) is 0 Å². The van der Waals surface area contributed by atoms with Gasteiger partial charge in [-0.25, -0.2) is 14.0 Å². The summed E-state index contributed by atoms with van der Waals surface area (Å²) < 4.78 is 29.9. The molecule has 248 valence electrons. The summed E-state index contributed by atoms with van der Waals surface area (Å²) in [4.78, 5) is 53.6. The molecule has 3 aliphatic rings. The molecule has 2 aromatic rings. The molecule has 1 aromatic carbocycles. The van der Waals surface area contributed by atoms with Crippen LogP contribution in [-0.4, -0.2) is 89.0 Å². The lowest BCUT2D eigenvalue weighted by Crippen LogP contribution is -2.48. The van der Waals surface area contributed by atoms with Gasteiger partial charge in [0.1, 0.15) is 17.2 Å². The van der Waals surface area contributed by atoms with E-state index < -0.39 is 35.2 Å². The Balaban J connectivity index is 1.10. The van der Waals surface area contributed by atoms with E-state index in [4.69, 9.17) is 9.47 Å². The van der Waals surface area contributed by atoms with E-state index in [1.165, 1.54) is 16.2 Å². The maximum absolute atomic E-state index is 16.0. The summed E-state index contributed by atoms with van der Waals surface area (Å²) in [7, 11) is 1.51. The van der Waals surface area contributed by atoms with Gasteiger partial charge in [0.2, 0.25) is 11.8 Å². The number of imide groups is 1. The highest BCUT2D eigenvalue weighted by atomic mass is 19.1. The fraction of sp³-hybridized carbons (Fsp3) is 0.688. The molecule has 3 heterocycles. The molecule has 45 heavy (non-hydrogen) atoms. The molecular weight excluding hydrogens is 583 g/mol. The van der Waals surface area contributed by atoms with Crippen molar-refractivity contribution < 1.29 is 28.2 Å². The topological polar surface area (TPSA) is 127 Å². The van der Waals surface area contributed by atoms with Crippen molar-refractivity contribution in [2.75, 3.05) is 44.2 Å². The standard InChI is InChI=1S/C32H47FN6O6/c1-20(34-30(42)45-32(2,3)4)19-44-22-8-6-21(7-9-22)18-37-14-16-38(17-15-37)23-10-11-24-28(27(23)33)36(5)31(43)39(24)25-12-13-26(40)35-29(25)41/h10-11,20-22,25H,6-9,12-19H2,1-5H3,(H,34,42)(H,35,40,41)/t20-,21?,22?,25?/m1/s1. The molecule has 3 amide bonds. The van der Waals surface area contributed by atoms with Gasteiger partial charge in [-0.2, -0.15) is 0 Å². The third-order valence-electron chi connectivity index (χ3n) is 9.05. The minimum atomic E-state index is -0.848. The summed E-state index contributed by atoms with van der Waals surface area (Å²) in [6.07, 6.45) is 4.26. The number of benzene rings is 1.